The molecule has 3 N–H and O–H groups in total. The Bertz CT molecular complexity index is 454. The average Bonchev–Trinajstić information content (AvgIpc) is 2.79. The first-order valence-electron chi connectivity index (χ1n) is 4.15. The molecule has 0 aliphatic heterocycles. The van der Waals surface area contributed by atoms with Crippen molar-refractivity contribution in [1.82, 2.24) is 5.43 Å². The van der Waals surface area contributed by atoms with Gasteiger partial charge in [0, 0.05) is 4.88 Å². The van der Waals surface area contributed by atoms with Gasteiger partial charge in [0.25, 0.3) is 0 Å². The maximum Gasteiger partial charge on any atom is 0.0825 e. The zero-order valence-corrected chi connectivity index (χ0v) is 12.1. The lowest BCUT2D eigenvalue weighted by atomic mass is 10.1. The Hall–Kier alpha value is 0.340. The van der Waals surface area contributed by atoms with Crippen LogP contribution in [0.2, 0.25) is 5.02 Å². The number of hydrazine groups is 1. The third-order valence-electron chi connectivity index (χ3n) is 1.99. The number of halogens is 2. The Balaban J connectivity index is 2.36. The van der Waals surface area contributed by atoms with Gasteiger partial charge in [0.2, 0.25) is 0 Å². The number of rotatable bonds is 3. The quantitative estimate of drug-likeness (QED) is 0.492. The molecule has 2 heterocycles. The third-order valence-corrected chi connectivity index (χ3v) is 5.23. The zero-order chi connectivity index (χ0) is 10.8. The molecule has 2 rings (SSSR count). The highest BCUT2D eigenvalue weighted by Crippen LogP contribution is 2.34. The maximum absolute atomic E-state index is 6.09. The summed E-state index contributed by atoms with van der Waals surface area (Å²) >= 11 is 11.7. The highest BCUT2D eigenvalue weighted by Gasteiger charge is 2.17. The second-order valence-electron chi connectivity index (χ2n) is 2.92. The van der Waals surface area contributed by atoms with E-state index < -0.39 is 0 Å². The first kappa shape index (κ1) is 11.8. The van der Waals surface area contributed by atoms with Crippen LogP contribution < -0.4 is 11.3 Å². The standard InChI is InChI=1S/C9H8ClIN2S2/c10-6-1-2-14-9(6)8(13-12)5-3-7(11)15-4-5/h1-4,8,13H,12H2. The van der Waals surface area contributed by atoms with E-state index in [1.807, 2.05) is 11.4 Å². The fraction of sp³-hybridized carbons (Fsp3) is 0.111. The van der Waals surface area contributed by atoms with E-state index in [2.05, 4.69) is 39.5 Å². The summed E-state index contributed by atoms with van der Waals surface area (Å²) in [4.78, 5) is 1.06. The first-order chi connectivity index (χ1) is 7.22. The van der Waals surface area contributed by atoms with E-state index in [1.54, 1.807) is 22.7 Å². The highest BCUT2D eigenvalue weighted by atomic mass is 127. The average molecular weight is 371 g/mol. The molecule has 80 valence electrons. The molecule has 2 aromatic rings. The summed E-state index contributed by atoms with van der Waals surface area (Å²) < 4.78 is 1.25. The molecule has 15 heavy (non-hydrogen) atoms. The van der Waals surface area contributed by atoms with E-state index >= 15 is 0 Å². The van der Waals surface area contributed by atoms with Gasteiger partial charge in [0.05, 0.1) is 13.9 Å². The molecular weight excluding hydrogens is 363 g/mol. The highest BCUT2D eigenvalue weighted by molar-refractivity contribution is 14.1. The minimum Gasteiger partial charge on any atom is -0.271 e. The Morgan fingerprint density at radius 2 is 2.27 bits per heavy atom. The monoisotopic (exact) mass is 370 g/mol. The Morgan fingerprint density at radius 3 is 2.73 bits per heavy atom. The van der Waals surface area contributed by atoms with E-state index in [0.717, 1.165) is 15.5 Å². The van der Waals surface area contributed by atoms with Gasteiger partial charge < -0.3 is 0 Å². The normalized spacial score (nSPS) is 13.0. The molecule has 1 atom stereocenters. The largest absolute Gasteiger partial charge is 0.271 e. The van der Waals surface area contributed by atoms with E-state index in [9.17, 15) is 0 Å². The van der Waals surface area contributed by atoms with Crippen LogP contribution >= 0.6 is 56.9 Å². The molecule has 0 saturated carbocycles. The summed E-state index contributed by atoms with van der Waals surface area (Å²) in [5.74, 6) is 5.57. The smallest absolute Gasteiger partial charge is 0.0825 e. The van der Waals surface area contributed by atoms with Gasteiger partial charge >= 0.3 is 0 Å². The third kappa shape index (κ3) is 2.54. The van der Waals surface area contributed by atoms with Crippen LogP contribution in [0.25, 0.3) is 0 Å². The van der Waals surface area contributed by atoms with Gasteiger partial charge in [-0.1, -0.05) is 11.6 Å². The number of thiophene rings is 2. The predicted molar refractivity (Wildman–Crippen MR) is 75.5 cm³/mol. The summed E-state index contributed by atoms with van der Waals surface area (Å²) in [6, 6.07) is 4.01. The number of nitrogens with one attached hydrogen (secondary N) is 1. The van der Waals surface area contributed by atoms with Crippen LogP contribution in [0.3, 0.4) is 0 Å². The van der Waals surface area contributed by atoms with Crippen LogP contribution in [-0.4, -0.2) is 0 Å². The van der Waals surface area contributed by atoms with Gasteiger partial charge in [0.1, 0.15) is 0 Å². The lowest BCUT2D eigenvalue weighted by molar-refractivity contribution is 0.648. The molecule has 0 aromatic carbocycles. The molecule has 0 spiro atoms. The van der Waals surface area contributed by atoms with Crippen molar-refractivity contribution in [3.05, 3.63) is 41.2 Å². The van der Waals surface area contributed by atoms with Gasteiger partial charge in [0.15, 0.2) is 0 Å². The molecule has 0 aliphatic carbocycles. The molecule has 0 fully saturated rings. The van der Waals surface area contributed by atoms with Crippen LogP contribution in [0.5, 0.6) is 0 Å². The second kappa shape index (κ2) is 5.11. The van der Waals surface area contributed by atoms with Gasteiger partial charge in [-0.2, -0.15) is 0 Å². The van der Waals surface area contributed by atoms with E-state index in [-0.39, 0.29) is 6.04 Å². The molecule has 0 amide bonds. The number of hydrogen-bond donors (Lipinski definition) is 2. The van der Waals surface area contributed by atoms with Crippen molar-refractivity contribution >= 4 is 56.9 Å². The molecule has 0 radical (unpaired) electrons. The van der Waals surface area contributed by atoms with Gasteiger partial charge in [-0.15, -0.1) is 22.7 Å². The molecule has 0 bridgehead atoms. The first-order valence-corrected chi connectivity index (χ1v) is 7.37. The van der Waals surface area contributed by atoms with Gasteiger partial charge in [-0.05, 0) is 51.0 Å². The maximum atomic E-state index is 6.09. The van der Waals surface area contributed by atoms with Gasteiger partial charge in [-0.25, -0.2) is 5.43 Å². The molecular formula is C9H8ClIN2S2. The number of nitrogens with two attached hydrogens (primary N) is 1. The van der Waals surface area contributed by atoms with Crippen molar-refractivity contribution in [3.63, 3.8) is 0 Å². The van der Waals surface area contributed by atoms with Gasteiger partial charge in [-0.3, -0.25) is 5.84 Å². The molecule has 6 heteroatoms. The van der Waals surface area contributed by atoms with Crippen LogP contribution in [0.15, 0.2) is 22.9 Å². The van der Waals surface area contributed by atoms with Crippen molar-refractivity contribution in [2.45, 2.75) is 6.04 Å². The van der Waals surface area contributed by atoms with Crippen LogP contribution in [0.1, 0.15) is 16.5 Å². The summed E-state index contributed by atoms with van der Waals surface area (Å²) in [5.41, 5.74) is 3.97. The van der Waals surface area contributed by atoms with Crippen molar-refractivity contribution in [1.29, 1.82) is 0 Å². The summed E-state index contributed by atoms with van der Waals surface area (Å²) in [5, 5.41) is 4.84. The summed E-state index contributed by atoms with van der Waals surface area (Å²) in [7, 11) is 0. The zero-order valence-electron chi connectivity index (χ0n) is 7.54. The van der Waals surface area contributed by atoms with E-state index in [0.29, 0.717) is 0 Å². The topological polar surface area (TPSA) is 38.0 Å². The van der Waals surface area contributed by atoms with Crippen LogP contribution in [0.4, 0.5) is 0 Å². The van der Waals surface area contributed by atoms with Crippen LogP contribution in [0, 0.1) is 2.88 Å². The minimum atomic E-state index is -0.00253. The van der Waals surface area contributed by atoms with Crippen molar-refractivity contribution in [2.75, 3.05) is 0 Å². The van der Waals surface area contributed by atoms with E-state index in [4.69, 9.17) is 17.4 Å². The lowest BCUT2D eigenvalue weighted by Gasteiger charge is -2.13. The minimum absolute atomic E-state index is 0.00253. The predicted octanol–water partition coefficient (Wildman–Crippen LogP) is 3.62. The summed E-state index contributed by atoms with van der Waals surface area (Å²) in [6.07, 6.45) is 0. The number of hydrogen-bond acceptors (Lipinski definition) is 4. The van der Waals surface area contributed by atoms with Crippen molar-refractivity contribution < 1.29 is 0 Å². The molecule has 0 saturated heterocycles. The Labute approximate surface area is 115 Å². The Morgan fingerprint density at radius 1 is 1.47 bits per heavy atom. The molecule has 2 aromatic heterocycles. The van der Waals surface area contributed by atoms with Crippen LogP contribution in [-0.2, 0) is 0 Å². The fourth-order valence-corrected chi connectivity index (χ4v) is 3.96. The van der Waals surface area contributed by atoms with E-state index in [1.165, 1.54) is 2.88 Å². The molecule has 1 unspecified atom stereocenters. The fourth-order valence-electron chi connectivity index (χ4n) is 1.31. The van der Waals surface area contributed by atoms with Crippen molar-refractivity contribution in [3.8, 4) is 0 Å². The molecule has 0 aliphatic rings. The van der Waals surface area contributed by atoms with Crippen molar-refractivity contribution in [2.24, 2.45) is 5.84 Å². The molecule has 2 nitrogen and oxygen atoms in total. The second-order valence-corrected chi connectivity index (χ2v) is 7.08. The SMILES string of the molecule is NNC(c1csc(I)c1)c1sccc1Cl. The Kier molecular flexibility index (Phi) is 4.03. The summed E-state index contributed by atoms with van der Waals surface area (Å²) in [6.45, 7) is 0. The lowest BCUT2D eigenvalue weighted by Crippen LogP contribution is -2.28.